The third-order valence-electron chi connectivity index (χ3n) is 3.24. The second-order valence-corrected chi connectivity index (χ2v) is 6.15. The fourth-order valence-electron chi connectivity index (χ4n) is 2.08. The normalized spacial score (nSPS) is 10.5. The Hall–Kier alpha value is -2.24. The van der Waals surface area contributed by atoms with Crippen molar-refractivity contribution in [1.29, 1.82) is 0 Å². The molecule has 0 saturated heterocycles. The Morgan fingerprint density at radius 2 is 1.83 bits per heavy atom. The number of anilines is 2. The maximum absolute atomic E-state index is 12.3. The first-order chi connectivity index (χ1) is 11.0. The van der Waals surface area contributed by atoms with Gasteiger partial charge in [0.2, 0.25) is 0 Å². The summed E-state index contributed by atoms with van der Waals surface area (Å²) in [7, 11) is 0. The largest absolute Gasteiger partial charge is 0.451 e. The molecule has 0 atom stereocenters. The average molecular weight is 392 g/mol. The number of amides is 1. The number of furan rings is 1. The number of rotatable bonds is 3. The van der Waals surface area contributed by atoms with Gasteiger partial charge >= 0.3 is 0 Å². The zero-order chi connectivity index (χ0) is 16.4. The second kappa shape index (κ2) is 6.48. The van der Waals surface area contributed by atoms with Crippen LogP contribution >= 0.6 is 27.5 Å². The second-order valence-electron chi connectivity index (χ2n) is 4.83. The molecule has 0 unspecified atom stereocenters. The summed E-state index contributed by atoms with van der Waals surface area (Å²) < 4.78 is 6.58. The van der Waals surface area contributed by atoms with Crippen LogP contribution in [0.2, 0.25) is 5.02 Å². The molecule has 1 aromatic heterocycles. The monoisotopic (exact) mass is 390 g/mol. The standard InChI is InChI=1S/C17H12BrClN2O2/c18-11-6-4-10(5-7-11)14-8-9-15(23-14)17(22)21-16-12(19)2-1-3-13(16)20/h1-9H,20H2,(H,21,22). The predicted molar refractivity (Wildman–Crippen MR) is 95.7 cm³/mol. The van der Waals surface area contributed by atoms with Crippen LogP contribution < -0.4 is 11.1 Å². The lowest BCUT2D eigenvalue weighted by molar-refractivity contribution is 0.0997. The Morgan fingerprint density at radius 1 is 1.09 bits per heavy atom. The van der Waals surface area contributed by atoms with Gasteiger partial charge in [-0.15, -0.1) is 0 Å². The number of halogens is 2. The van der Waals surface area contributed by atoms with Gasteiger partial charge in [0.1, 0.15) is 5.76 Å². The molecule has 0 bridgehead atoms. The van der Waals surface area contributed by atoms with E-state index in [0.717, 1.165) is 10.0 Å². The van der Waals surface area contributed by atoms with Gasteiger partial charge < -0.3 is 15.5 Å². The number of nitrogens with two attached hydrogens (primary N) is 1. The number of hydrogen-bond donors (Lipinski definition) is 2. The lowest BCUT2D eigenvalue weighted by Gasteiger charge is -2.08. The third kappa shape index (κ3) is 3.41. The van der Waals surface area contributed by atoms with Crippen LogP contribution in [0.3, 0.4) is 0 Å². The average Bonchev–Trinajstić information content (AvgIpc) is 3.02. The first-order valence-corrected chi connectivity index (χ1v) is 7.93. The fourth-order valence-corrected chi connectivity index (χ4v) is 2.57. The molecule has 0 aliphatic carbocycles. The minimum absolute atomic E-state index is 0.183. The van der Waals surface area contributed by atoms with Crippen molar-refractivity contribution < 1.29 is 9.21 Å². The Balaban J connectivity index is 1.83. The summed E-state index contributed by atoms with van der Waals surface area (Å²) in [5.41, 5.74) is 7.47. The van der Waals surface area contributed by atoms with Crippen LogP contribution in [0.25, 0.3) is 11.3 Å². The highest BCUT2D eigenvalue weighted by Gasteiger charge is 2.15. The minimum atomic E-state index is -0.409. The highest BCUT2D eigenvalue weighted by Crippen LogP contribution is 2.29. The van der Waals surface area contributed by atoms with Gasteiger partial charge in [0.15, 0.2) is 5.76 Å². The van der Waals surface area contributed by atoms with Gasteiger partial charge in [0, 0.05) is 10.0 Å². The maximum atomic E-state index is 12.3. The molecule has 3 N–H and O–H groups in total. The lowest BCUT2D eigenvalue weighted by Crippen LogP contribution is -2.12. The molecule has 0 saturated carbocycles. The maximum Gasteiger partial charge on any atom is 0.291 e. The Labute approximate surface area is 146 Å². The van der Waals surface area contributed by atoms with E-state index in [1.165, 1.54) is 0 Å². The molecule has 23 heavy (non-hydrogen) atoms. The number of nitrogen functional groups attached to an aromatic ring is 1. The molecule has 2 aromatic carbocycles. The van der Waals surface area contributed by atoms with Crippen molar-refractivity contribution in [3.8, 4) is 11.3 Å². The molecule has 1 heterocycles. The van der Waals surface area contributed by atoms with E-state index in [9.17, 15) is 4.79 Å². The van der Waals surface area contributed by atoms with E-state index in [4.69, 9.17) is 21.8 Å². The molecule has 116 valence electrons. The van der Waals surface area contributed by atoms with E-state index < -0.39 is 5.91 Å². The van der Waals surface area contributed by atoms with Crippen LogP contribution in [0.4, 0.5) is 11.4 Å². The molecule has 0 aliphatic rings. The first kappa shape index (κ1) is 15.6. The summed E-state index contributed by atoms with van der Waals surface area (Å²) in [6, 6.07) is 16.0. The first-order valence-electron chi connectivity index (χ1n) is 6.76. The van der Waals surface area contributed by atoms with Gasteiger partial charge in [0.05, 0.1) is 16.4 Å². The lowest BCUT2D eigenvalue weighted by atomic mass is 10.2. The molecule has 1 amide bonds. The van der Waals surface area contributed by atoms with Crippen molar-refractivity contribution >= 4 is 44.8 Å². The molecular weight excluding hydrogens is 380 g/mol. The molecule has 3 aromatic rings. The van der Waals surface area contributed by atoms with E-state index >= 15 is 0 Å². The molecule has 0 aliphatic heterocycles. The molecule has 0 radical (unpaired) electrons. The Kier molecular flexibility index (Phi) is 4.41. The van der Waals surface area contributed by atoms with Crippen LogP contribution in [0.5, 0.6) is 0 Å². The van der Waals surface area contributed by atoms with Crippen molar-refractivity contribution in [3.05, 3.63) is 69.9 Å². The van der Waals surface area contributed by atoms with E-state index in [1.807, 2.05) is 24.3 Å². The summed E-state index contributed by atoms with van der Waals surface area (Å²) in [5.74, 6) is 0.380. The van der Waals surface area contributed by atoms with E-state index in [2.05, 4.69) is 21.2 Å². The van der Waals surface area contributed by atoms with Crippen LogP contribution in [-0.4, -0.2) is 5.91 Å². The molecule has 3 rings (SSSR count). The number of carbonyl (C=O) groups excluding carboxylic acids is 1. The number of nitrogens with one attached hydrogen (secondary N) is 1. The van der Waals surface area contributed by atoms with Crippen LogP contribution in [0, 0.1) is 0 Å². The quantitative estimate of drug-likeness (QED) is 0.603. The van der Waals surface area contributed by atoms with Gasteiger partial charge in [0.25, 0.3) is 5.91 Å². The zero-order valence-corrected chi connectivity index (χ0v) is 14.2. The van der Waals surface area contributed by atoms with Gasteiger partial charge in [-0.1, -0.05) is 45.7 Å². The highest BCUT2D eigenvalue weighted by molar-refractivity contribution is 9.10. The molecule has 0 fully saturated rings. The van der Waals surface area contributed by atoms with E-state index in [-0.39, 0.29) is 5.76 Å². The summed E-state index contributed by atoms with van der Waals surface area (Å²) in [6.45, 7) is 0. The van der Waals surface area contributed by atoms with Gasteiger partial charge in [-0.3, -0.25) is 4.79 Å². The molecular formula is C17H12BrClN2O2. The van der Waals surface area contributed by atoms with Crippen molar-refractivity contribution in [1.82, 2.24) is 0 Å². The fraction of sp³-hybridized carbons (Fsp3) is 0. The summed E-state index contributed by atoms with van der Waals surface area (Å²) >= 11 is 9.43. The van der Waals surface area contributed by atoms with Crippen molar-refractivity contribution in [2.45, 2.75) is 0 Å². The van der Waals surface area contributed by atoms with Crippen LogP contribution in [-0.2, 0) is 0 Å². The van der Waals surface area contributed by atoms with Gasteiger partial charge in [-0.2, -0.15) is 0 Å². The summed E-state index contributed by atoms with van der Waals surface area (Å²) in [4.78, 5) is 12.3. The van der Waals surface area contributed by atoms with Crippen LogP contribution in [0.1, 0.15) is 10.6 Å². The Morgan fingerprint density at radius 3 is 2.52 bits per heavy atom. The van der Waals surface area contributed by atoms with E-state index in [0.29, 0.717) is 22.2 Å². The van der Waals surface area contributed by atoms with Crippen molar-refractivity contribution in [3.63, 3.8) is 0 Å². The number of benzene rings is 2. The zero-order valence-electron chi connectivity index (χ0n) is 11.8. The van der Waals surface area contributed by atoms with Crippen molar-refractivity contribution in [2.75, 3.05) is 11.1 Å². The van der Waals surface area contributed by atoms with E-state index in [1.54, 1.807) is 30.3 Å². The van der Waals surface area contributed by atoms with Crippen molar-refractivity contribution in [2.24, 2.45) is 0 Å². The van der Waals surface area contributed by atoms with Gasteiger partial charge in [-0.05, 0) is 36.4 Å². The Bertz CT molecular complexity index is 839. The highest BCUT2D eigenvalue weighted by atomic mass is 79.9. The topological polar surface area (TPSA) is 68.3 Å². The smallest absolute Gasteiger partial charge is 0.291 e. The number of hydrogen-bond acceptors (Lipinski definition) is 3. The summed E-state index contributed by atoms with van der Waals surface area (Å²) in [6.07, 6.45) is 0. The van der Waals surface area contributed by atoms with Crippen LogP contribution in [0.15, 0.2) is 63.5 Å². The third-order valence-corrected chi connectivity index (χ3v) is 4.09. The molecule has 4 nitrogen and oxygen atoms in total. The van der Waals surface area contributed by atoms with Gasteiger partial charge in [-0.25, -0.2) is 0 Å². The molecule has 0 spiro atoms. The SMILES string of the molecule is Nc1cccc(Cl)c1NC(=O)c1ccc(-c2ccc(Br)cc2)o1. The molecule has 6 heteroatoms. The minimum Gasteiger partial charge on any atom is -0.451 e. The predicted octanol–water partition coefficient (Wildman–Crippen LogP) is 5.20. The summed E-state index contributed by atoms with van der Waals surface area (Å²) in [5, 5.41) is 3.04. The number of para-hydroxylation sites is 1. The number of carbonyl (C=O) groups is 1.